The van der Waals surface area contributed by atoms with Gasteiger partial charge in [0.15, 0.2) is 0 Å². The molecule has 2 rings (SSSR count). The van der Waals surface area contributed by atoms with Gasteiger partial charge in [0.05, 0.1) is 17.6 Å². The first-order valence-electron chi connectivity index (χ1n) is 7.12. The van der Waals surface area contributed by atoms with Crippen LogP contribution in [0.15, 0.2) is 18.3 Å². The molecule has 1 fully saturated rings. The predicted molar refractivity (Wildman–Crippen MR) is 80.4 cm³/mol. The second-order valence-corrected chi connectivity index (χ2v) is 6.11. The number of hydrogen-bond acceptors (Lipinski definition) is 4. The van der Waals surface area contributed by atoms with Gasteiger partial charge in [-0.2, -0.15) is 0 Å². The minimum Gasteiger partial charge on any atom is -0.367 e. The molecular formula is C15H26N4. The zero-order valence-corrected chi connectivity index (χ0v) is 12.6. The van der Waals surface area contributed by atoms with E-state index >= 15 is 0 Å². The summed E-state index contributed by atoms with van der Waals surface area (Å²) in [4.78, 5) is 9.34. The summed E-state index contributed by atoms with van der Waals surface area (Å²) >= 11 is 0. The molecule has 1 saturated heterocycles. The van der Waals surface area contributed by atoms with Gasteiger partial charge in [-0.25, -0.2) is 0 Å². The minimum atomic E-state index is 0.0537. The Morgan fingerprint density at radius 3 is 2.63 bits per heavy atom. The third kappa shape index (κ3) is 3.07. The summed E-state index contributed by atoms with van der Waals surface area (Å²) in [5, 5.41) is 0. The molecule has 1 aromatic heterocycles. The molecule has 1 atom stereocenters. The molecule has 1 aliphatic rings. The number of aromatic nitrogens is 1. The quantitative estimate of drug-likeness (QED) is 0.905. The molecule has 0 bridgehead atoms. The fourth-order valence-electron chi connectivity index (χ4n) is 2.47. The van der Waals surface area contributed by atoms with E-state index in [2.05, 4.69) is 54.7 Å². The molecule has 1 aliphatic heterocycles. The van der Waals surface area contributed by atoms with Crippen molar-refractivity contribution >= 4 is 5.69 Å². The number of rotatable bonds is 3. The summed E-state index contributed by atoms with van der Waals surface area (Å²) in [6.07, 6.45) is 2.89. The van der Waals surface area contributed by atoms with Crippen molar-refractivity contribution in [3.8, 4) is 0 Å². The first kappa shape index (κ1) is 14.3. The molecular weight excluding hydrogens is 236 g/mol. The van der Waals surface area contributed by atoms with Crippen LogP contribution in [0.4, 0.5) is 5.69 Å². The Morgan fingerprint density at radius 2 is 2.11 bits per heavy atom. The summed E-state index contributed by atoms with van der Waals surface area (Å²) in [7, 11) is 2.19. The lowest BCUT2D eigenvalue weighted by atomic mass is 9.99. The van der Waals surface area contributed by atoms with Crippen molar-refractivity contribution < 1.29 is 0 Å². The molecule has 4 nitrogen and oxygen atoms in total. The lowest BCUT2D eigenvalue weighted by Crippen LogP contribution is -2.57. The summed E-state index contributed by atoms with van der Waals surface area (Å²) < 4.78 is 0. The highest BCUT2D eigenvalue weighted by atomic mass is 15.3. The van der Waals surface area contributed by atoms with E-state index in [4.69, 9.17) is 5.73 Å². The van der Waals surface area contributed by atoms with E-state index < -0.39 is 0 Å². The topological polar surface area (TPSA) is 45.4 Å². The SMILES string of the molecule is CCC(N)c1ccc(N2CCN(C)C(C)(C)C2)cn1. The van der Waals surface area contributed by atoms with E-state index in [9.17, 15) is 0 Å². The van der Waals surface area contributed by atoms with E-state index in [-0.39, 0.29) is 11.6 Å². The van der Waals surface area contributed by atoms with Crippen molar-refractivity contribution in [2.45, 2.75) is 38.8 Å². The van der Waals surface area contributed by atoms with Crippen LogP contribution in [0, 0.1) is 0 Å². The molecule has 0 spiro atoms. The maximum Gasteiger partial charge on any atom is 0.0572 e. The molecule has 0 radical (unpaired) electrons. The maximum absolute atomic E-state index is 6.00. The Kier molecular flexibility index (Phi) is 4.11. The number of nitrogens with two attached hydrogens (primary N) is 1. The van der Waals surface area contributed by atoms with Gasteiger partial charge in [-0.15, -0.1) is 0 Å². The van der Waals surface area contributed by atoms with Crippen molar-refractivity contribution in [2.75, 3.05) is 31.6 Å². The molecule has 2 heterocycles. The number of piperazine rings is 1. The zero-order chi connectivity index (χ0) is 14.0. The highest BCUT2D eigenvalue weighted by molar-refractivity contribution is 5.46. The smallest absolute Gasteiger partial charge is 0.0572 e. The summed E-state index contributed by atoms with van der Waals surface area (Å²) in [5.74, 6) is 0. The van der Waals surface area contributed by atoms with Crippen LogP contribution < -0.4 is 10.6 Å². The van der Waals surface area contributed by atoms with Crippen LogP contribution in [0.2, 0.25) is 0 Å². The highest BCUT2D eigenvalue weighted by Crippen LogP contribution is 2.24. The van der Waals surface area contributed by atoms with Gasteiger partial charge in [0.2, 0.25) is 0 Å². The van der Waals surface area contributed by atoms with Crippen LogP contribution in [-0.4, -0.2) is 42.1 Å². The molecule has 4 heteroatoms. The summed E-state index contributed by atoms with van der Waals surface area (Å²) in [6, 6.07) is 4.27. The van der Waals surface area contributed by atoms with Gasteiger partial charge in [-0.05, 0) is 39.4 Å². The first-order chi connectivity index (χ1) is 8.94. The Balaban J connectivity index is 2.10. The van der Waals surface area contributed by atoms with Crippen molar-refractivity contribution in [2.24, 2.45) is 5.73 Å². The largest absolute Gasteiger partial charge is 0.367 e. The van der Waals surface area contributed by atoms with Crippen molar-refractivity contribution in [3.05, 3.63) is 24.0 Å². The molecule has 0 aromatic carbocycles. The summed E-state index contributed by atoms with van der Waals surface area (Å²) in [6.45, 7) is 9.83. The molecule has 1 unspecified atom stereocenters. The second-order valence-electron chi connectivity index (χ2n) is 6.11. The third-order valence-corrected chi connectivity index (χ3v) is 4.27. The maximum atomic E-state index is 6.00. The third-order valence-electron chi connectivity index (χ3n) is 4.27. The molecule has 106 valence electrons. The standard InChI is InChI=1S/C15H26N4/c1-5-13(16)14-7-6-12(10-17-14)19-9-8-18(4)15(2,3)11-19/h6-7,10,13H,5,8-9,11,16H2,1-4H3. The van der Waals surface area contributed by atoms with Crippen molar-refractivity contribution in [1.29, 1.82) is 0 Å². The van der Waals surface area contributed by atoms with Gasteiger partial charge in [0, 0.05) is 31.2 Å². The van der Waals surface area contributed by atoms with Gasteiger partial charge >= 0.3 is 0 Å². The molecule has 2 N–H and O–H groups in total. The van der Waals surface area contributed by atoms with E-state index in [1.54, 1.807) is 0 Å². The first-order valence-corrected chi connectivity index (χ1v) is 7.12. The van der Waals surface area contributed by atoms with Gasteiger partial charge in [-0.3, -0.25) is 9.88 Å². The number of likely N-dealkylation sites (N-methyl/N-ethyl adjacent to an activating group) is 1. The predicted octanol–water partition coefficient (Wildman–Crippen LogP) is 2.02. The fraction of sp³-hybridized carbons (Fsp3) is 0.667. The molecule has 0 aliphatic carbocycles. The average Bonchev–Trinajstić information content (AvgIpc) is 2.41. The van der Waals surface area contributed by atoms with Gasteiger partial charge < -0.3 is 10.6 Å². The van der Waals surface area contributed by atoms with Crippen molar-refractivity contribution in [1.82, 2.24) is 9.88 Å². The highest BCUT2D eigenvalue weighted by Gasteiger charge is 2.31. The number of pyridine rings is 1. The van der Waals surface area contributed by atoms with Gasteiger partial charge in [0.25, 0.3) is 0 Å². The summed E-state index contributed by atoms with van der Waals surface area (Å²) in [5.41, 5.74) is 8.39. The van der Waals surface area contributed by atoms with E-state index in [0.29, 0.717) is 0 Å². The van der Waals surface area contributed by atoms with Crippen molar-refractivity contribution in [3.63, 3.8) is 0 Å². The lowest BCUT2D eigenvalue weighted by Gasteiger charge is -2.46. The van der Waals surface area contributed by atoms with E-state index in [0.717, 1.165) is 31.7 Å². The molecule has 0 amide bonds. The van der Waals surface area contributed by atoms with Crippen LogP contribution in [0.5, 0.6) is 0 Å². The fourth-order valence-corrected chi connectivity index (χ4v) is 2.47. The van der Waals surface area contributed by atoms with Crippen LogP contribution in [0.3, 0.4) is 0 Å². The minimum absolute atomic E-state index is 0.0537. The van der Waals surface area contributed by atoms with Gasteiger partial charge in [-0.1, -0.05) is 6.92 Å². The Hall–Kier alpha value is -1.13. The Morgan fingerprint density at radius 1 is 1.37 bits per heavy atom. The monoisotopic (exact) mass is 262 g/mol. The second kappa shape index (κ2) is 5.47. The molecule has 1 aromatic rings. The van der Waals surface area contributed by atoms with E-state index in [1.165, 1.54) is 5.69 Å². The van der Waals surface area contributed by atoms with Crippen LogP contribution in [-0.2, 0) is 0 Å². The van der Waals surface area contributed by atoms with Crippen LogP contribution >= 0.6 is 0 Å². The Labute approximate surface area is 116 Å². The zero-order valence-electron chi connectivity index (χ0n) is 12.6. The number of nitrogens with zero attached hydrogens (tertiary/aromatic N) is 3. The normalized spacial score (nSPS) is 21.4. The average molecular weight is 262 g/mol. The lowest BCUT2D eigenvalue weighted by molar-refractivity contribution is 0.139. The number of anilines is 1. The van der Waals surface area contributed by atoms with Crippen LogP contribution in [0.1, 0.15) is 38.9 Å². The van der Waals surface area contributed by atoms with E-state index in [1.807, 2.05) is 6.20 Å². The Bertz CT molecular complexity index is 413. The molecule has 0 saturated carbocycles. The van der Waals surface area contributed by atoms with Crippen LogP contribution in [0.25, 0.3) is 0 Å². The number of hydrogen-bond donors (Lipinski definition) is 1. The van der Waals surface area contributed by atoms with Gasteiger partial charge in [0.1, 0.15) is 0 Å². The molecule has 19 heavy (non-hydrogen) atoms.